The lowest BCUT2D eigenvalue weighted by Gasteiger charge is -2.23. The van der Waals surface area contributed by atoms with Gasteiger partial charge in [0, 0.05) is 25.6 Å². The van der Waals surface area contributed by atoms with Crippen LogP contribution >= 0.6 is 0 Å². The summed E-state index contributed by atoms with van der Waals surface area (Å²) in [6, 6.07) is 7.67. The molecule has 0 radical (unpaired) electrons. The van der Waals surface area contributed by atoms with E-state index in [1.54, 1.807) is 24.3 Å². The molecule has 1 unspecified atom stereocenters. The van der Waals surface area contributed by atoms with Crippen molar-refractivity contribution in [2.45, 2.75) is 31.3 Å². The summed E-state index contributed by atoms with van der Waals surface area (Å²) >= 11 is 0. The number of hydrogen-bond acceptors (Lipinski definition) is 5. The number of rotatable bonds is 4. The zero-order valence-corrected chi connectivity index (χ0v) is 13.1. The number of benzene rings is 1. The largest absolute Gasteiger partial charge is 0.327 e. The zero-order valence-electron chi connectivity index (χ0n) is 13.1. The van der Waals surface area contributed by atoms with Gasteiger partial charge in [-0.1, -0.05) is 12.1 Å². The van der Waals surface area contributed by atoms with E-state index in [2.05, 4.69) is 6.07 Å². The molecule has 24 heavy (non-hydrogen) atoms. The van der Waals surface area contributed by atoms with Gasteiger partial charge in [-0.25, -0.2) is 0 Å². The topological polar surface area (TPSA) is 108 Å². The molecule has 0 spiro atoms. The molecule has 3 rings (SSSR count). The molecule has 0 aromatic heterocycles. The van der Waals surface area contributed by atoms with Crippen molar-refractivity contribution in [1.82, 2.24) is 9.80 Å². The third-order valence-electron chi connectivity index (χ3n) is 4.45. The molecule has 1 aromatic rings. The number of amides is 3. The molecule has 2 aliphatic rings. The third kappa shape index (κ3) is 2.76. The van der Waals surface area contributed by atoms with E-state index in [0.29, 0.717) is 24.1 Å². The minimum atomic E-state index is -0.653. The van der Waals surface area contributed by atoms with Gasteiger partial charge in [-0.2, -0.15) is 5.26 Å². The van der Waals surface area contributed by atoms with Gasteiger partial charge in [0.05, 0.1) is 17.2 Å². The first-order chi connectivity index (χ1) is 11.5. The SMILES string of the molecule is N#C[C@@H]1CCCN1C(=O)CC(N)CN1C(=O)c2ccccc2C1=O. The van der Waals surface area contributed by atoms with Crippen LogP contribution in [-0.4, -0.2) is 52.7 Å². The summed E-state index contributed by atoms with van der Waals surface area (Å²) in [5.74, 6) is -0.965. The molecule has 2 N–H and O–H groups in total. The average Bonchev–Trinajstić information content (AvgIpc) is 3.14. The van der Waals surface area contributed by atoms with Crippen LogP contribution in [0.4, 0.5) is 0 Å². The maximum atomic E-state index is 12.3. The summed E-state index contributed by atoms with van der Waals surface area (Å²) in [5.41, 5.74) is 6.72. The number of fused-ring (bicyclic) bond motifs is 1. The average molecular weight is 326 g/mol. The van der Waals surface area contributed by atoms with Gasteiger partial charge in [-0.3, -0.25) is 19.3 Å². The first-order valence-electron chi connectivity index (χ1n) is 7.93. The van der Waals surface area contributed by atoms with Gasteiger partial charge < -0.3 is 10.6 Å². The molecule has 2 aliphatic heterocycles. The lowest BCUT2D eigenvalue weighted by molar-refractivity contribution is -0.131. The van der Waals surface area contributed by atoms with Gasteiger partial charge in [0.1, 0.15) is 6.04 Å². The highest BCUT2D eigenvalue weighted by molar-refractivity contribution is 6.21. The Balaban J connectivity index is 1.63. The number of hydrogen-bond donors (Lipinski definition) is 1. The van der Waals surface area contributed by atoms with E-state index < -0.39 is 12.1 Å². The van der Waals surface area contributed by atoms with Crippen LogP contribution in [0.5, 0.6) is 0 Å². The van der Waals surface area contributed by atoms with Crippen LogP contribution in [0.25, 0.3) is 0 Å². The quantitative estimate of drug-likeness (QED) is 0.811. The van der Waals surface area contributed by atoms with Gasteiger partial charge in [0.25, 0.3) is 11.8 Å². The molecule has 7 heteroatoms. The number of carbonyl (C=O) groups excluding carboxylic acids is 3. The van der Waals surface area contributed by atoms with Crippen LogP contribution in [0, 0.1) is 11.3 Å². The molecule has 2 atom stereocenters. The van der Waals surface area contributed by atoms with Crippen molar-refractivity contribution in [3.63, 3.8) is 0 Å². The van der Waals surface area contributed by atoms with Crippen molar-refractivity contribution in [1.29, 1.82) is 5.26 Å². The number of nitriles is 1. The lowest BCUT2D eigenvalue weighted by Crippen LogP contribution is -2.44. The predicted octanol–water partition coefficient (Wildman–Crippen LogP) is 0.515. The van der Waals surface area contributed by atoms with Crippen LogP contribution in [0.3, 0.4) is 0 Å². The normalized spacial score (nSPS) is 20.9. The van der Waals surface area contributed by atoms with Gasteiger partial charge in [-0.15, -0.1) is 0 Å². The minimum Gasteiger partial charge on any atom is -0.327 e. The van der Waals surface area contributed by atoms with E-state index in [9.17, 15) is 14.4 Å². The van der Waals surface area contributed by atoms with Crippen molar-refractivity contribution in [2.24, 2.45) is 5.73 Å². The molecule has 0 aliphatic carbocycles. The summed E-state index contributed by atoms with van der Waals surface area (Å²) in [7, 11) is 0. The van der Waals surface area contributed by atoms with E-state index in [-0.39, 0.29) is 30.7 Å². The fourth-order valence-electron chi connectivity index (χ4n) is 3.24. The third-order valence-corrected chi connectivity index (χ3v) is 4.45. The van der Waals surface area contributed by atoms with Crippen LogP contribution in [0.1, 0.15) is 40.0 Å². The van der Waals surface area contributed by atoms with Crippen LogP contribution in [-0.2, 0) is 4.79 Å². The number of nitrogens with zero attached hydrogens (tertiary/aromatic N) is 3. The summed E-state index contributed by atoms with van der Waals surface area (Å²) < 4.78 is 0. The van der Waals surface area contributed by atoms with Crippen LogP contribution < -0.4 is 5.73 Å². The van der Waals surface area contributed by atoms with Crippen molar-refractivity contribution in [3.05, 3.63) is 35.4 Å². The second-order valence-corrected chi connectivity index (χ2v) is 6.10. The fourth-order valence-corrected chi connectivity index (χ4v) is 3.24. The Kier molecular flexibility index (Phi) is 4.32. The second kappa shape index (κ2) is 6.42. The van der Waals surface area contributed by atoms with E-state index >= 15 is 0 Å². The summed E-state index contributed by atoms with van der Waals surface area (Å²) in [6.45, 7) is 0.542. The number of likely N-dealkylation sites (tertiary alicyclic amines) is 1. The Hall–Kier alpha value is -2.72. The highest BCUT2D eigenvalue weighted by atomic mass is 16.2. The number of imide groups is 1. The molecule has 3 amide bonds. The first-order valence-corrected chi connectivity index (χ1v) is 7.93. The Morgan fingerprint density at radius 2 is 1.92 bits per heavy atom. The first kappa shape index (κ1) is 16.1. The molecule has 1 aromatic carbocycles. The van der Waals surface area contributed by atoms with Crippen molar-refractivity contribution in [2.75, 3.05) is 13.1 Å². The van der Waals surface area contributed by atoms with Gasteiger partial charge in [0.15, 0.2) is 0 Å². The lowest BCUT2D eigenvalue weighted by atomic mass is 10.1. The van der Waals surface area contributed by atoms with E-state index in [0.717, 1.165) is 11.3 Å². The number of carbonyl (C=O) groups is 3. The molecule has 1 fully saturated rings. The highest BCUT2D eigenvalue weighted by Gasteiger charge is 2.37. The Labute approximate surface area is 139 Å². The number of nitrogens with two attached hydrogens (primary N) is 1. The standard InChI is InChI=1S/C17H18N4O3/c18-9-12-4-3-7-20(12)15(22)8-11(19)10-21-16(23)13-5-1-2-6-14(13)17(21)24/h1-2,5-6,11-12H,3-4,7-8,10,19H2/t11?,12-/m0/s1. The fraction of sp³-hybridized carbons (Fsp3) is 0.412. The maximum absolute atomic E-state index is 12.3. The van der Waals surface area contributed by atoms with Crippen LogP contribution in [0.15, 0.2) is 24.3 Å². The maximum Gasteiger partial charge on any atom is 0.261 e. The second-order valence-electron chi connectivity index (χ2n) is 6.10. The molecule has 7 nitrogen and oxygen atoms in total. The van der Waals surface area contributed by atoms with E-state index in [1.807, 2.05) is 0 Å². The molecule has 124 valence electrons. The smallest absolute Gasteiger partial charge is 0.261 e. The highest BCUT2D eigenvalue weighted by Crippen LogP contribution is 2.23. The Morgan fingerprint density at radius 1 is 1.29 bits per heavy atom. The predicted molar refractivity (Wildman–Crippen MR) is 84.7 cm³/mol. The van der Waals surface area contributed by atoms with Gasteiger partial charge >= 0.3 is 0 Å². The molecular formula is C17H18N4O3. The van der Waals surface area contributed by atoms with Gasteiger partial charge in [-0.05, 0) is 25.0 Å². The Morgan fingerprint density at radius 3 is 2.50 bits per heavy atom. The summed E-state index contributed by atoms with van der Waals surface area (Å²) in [6.07, 6.45) is 1.49. The van der Waals surface area contributed by atoms with Crippen molar-refractivity contribution in [3.8, 4) is 6.07 Å². The van der Waals surface area contributed by atoms with Gasteiger partial charge in [0.2, 0.25) is 5.91 Å². The summed E-state index contributed by atoms with van der Waals surface area (Å²) in [4.78, 5) is 39.5. The molecule has 0 saturated carbocycles. The van der Waals surface area contributed by atoms with Crippen LogP contribution in [0.2, 0.25) is 0 Å². The van der Waals surface area contributed by atoms with E-state index in [1.165, 1.54) is 4.90 Å². The van der Waals surface area contributed by atoms with Crippen molar-refractivity contribution >= 4 is 17.7 Å². The minimum absolute atomic E-state index is 0.00554. The molecule has 1 saturated heterocycles. The molecule has 0 bridgehead atoms. The van der Waals surface area contributed by atoms with Crippen molar-refractivity contribution < 1.29 is 14.4 Å². The summed E-state index contributed by atoms with van der Waals surface area (Å²) in [5, 5.41) is 9.05. The molecular weight excluding hydrogens is 308 g/mol. The Bertz CT molecular complexity index is 705. The van der Waals surface area contributed by atoms with E-state index in [4.69, 9.17) is 11.0 Å². The zero-order chi connectivity index (χ0) is 17.3. The molecule has 2 heterocycles. The monoisotopic (exact) mass is 326 g/mol.